The lowest BCUT2D eigenvalue weighted by atomic mass is 10.0. The number of hydrogen-bond donors (Lipinski definition) is 1. The van der Waals surface area contributed by atoms with Gasteiger partial charge in [-0.25, -0.2) is 9.97 Å². The van der Waals surface area contributed by atoms with Crippen LogP contribution in [0.1, 0.15) is 30.7 Å². The molecule has 18 heavy (non-hydrogen) atoms. The Hall–Kier alpha value is -1.65. The second kappa shape index (κ2) is 5.33. The molecule has 0 aliphatic carbocycles. The molecule has 1 saturated heterocycles. The first kappa shape index (κ1) is 12.8. The lowest BCUT2D eigenvalue weighted by molar-refractivity contribution is -0.137. The van der Waals surface area contributed by atoms with Crippen molar-refractivity contribution in [3.05, 3.63) is 17.5 Å². The van der Waals surface area contributed by atoms with Gasteiger partial charge < -0.3 is 10.0 Å². The number of aliphatic carboxylic acids is 1. The summed E-state index contributed by atoms with van der Waals surface area (Å²) in [6, 6.07) is 1.96. The SMILES string of the molecule is Cc1cc(C)nc(N2CCC(CCC(=O)O)C2)n1. The van der Waals surface area contributed by atoms with Crippen LogP contribution < -0.4 is 4.90 Å². The Balaban J connectivity index is 1.97. The Bertz CT molecular complexity index is 428. The number of carbonyl (C=O) groups is 1. The topological polar surface area (TPSA) is 66.3 Å². The molecule has 2 heterocycles. The van der Waals surface area contributed by atoms with Crippen molar-refractivity contribution in [1.29, 1.82) is 0 Å². The predicted octanol–water partition coefficient (Wildman–Crippen LogP) is 1.78. The largest absolute Gasteiger partial charge is 0.481 e. The van der Waals surface area contributed by atoms with Crippen LogP contribution in [0.4, 0.5) is 5.95 Å². The summed E-state index contributed by atoms with van der Waals surface area (Å²) < 4.78 is 0. The molecule has 0 aromatic carbocycles. The highest BCUT2D eigenvalue weighted by Gasteiger charge is 2.24. The Morgan fingerprint density at radius 3 is 2.72 bits per heavy atom. The fraction of sp³-hybridized carbons (Fsp3) is 0.615. The van der Waals surface area contributed by atoms with Gasteiger partial charge >= 0.3 is 5.97 Å². The van der Waals surface area contributed by atoms with Gasteiger partial charge in [0.05, 0.1) is 0 Å². The van der Waals surface area contributed by atoms with Gasteiger partial charge in [0.15, 0.2) is 0 Å². The number of aromatic nitrogens is 2. The molecule has 1 aliphatic rings. The molecule has 0 spiro atoms. The molecule has 0 saturated carbocycles. The van der Waals surface area contributed by atoms with E-state index >= 15 is 0 Å². The summed E-state index contributed by atoms with van der Waals surface area (Å²) in [5.41, 5.74) is 1.96. The number of carboxylic acids is 1. The van der Waals surface area contributed by atoms with Crippen molar-refractivity contribution in [3.8, 4) is 0 Å². The third-order valence-electron chi connectivity index (χ3n) is 3.31. The molecule has 0 bridgehead atoms. The number of anilines is 1. The fourth-order valence-corrected chi connectivity index (χ4v) is 2.43. The van der Waals surface area contributed by atoms with Crippen molar-refractivity contribution in [3.63, 3.8) is 0 Å². The standard InChI is InChI=1S/C13H19N3O2/c1-9-7-10(2)15-13(14-9)16-6-5-11(8-16)3-4-12(17)18/h7,11H,3-6,8H2,1-2H3,(H,17,18). The normalized spacial score (nSPS) is 19.2. The van der Waals surface area contributed by atoms with Crippen molar-refractivity contribution in [2.45, 2.75) is 33.1 Å². The van der Waals surface area contributed by atoms with E-state index in [9.17, 15) is 4.79 Å². The summed E-state index contributed by atoms with van der Waals surface area (Å²) in [4.78, 5) is 21.6. The molecule has 1 aliphatic heterocycles. The maximum Gasteiger partial charge on any atom is 0.303 e. The quantitative estimate of drug-likeness (QED) is 0.881. The van der Waals surface area contributed by atoms with E-state index in [1.54, 1.807) is 0 Å². The molecule has 0 amide bonds. The van der Waals surface area contributed by atoms with Crippen LogP contribution in [0.15, 0.2) is 6.07 Å². The highest BCUT2D eigenvalue weighted by molar-refractivity contribution is 5.66. The zero-order valence-corrected chi connectivity index (χ0v) is 10.9. The van der Waals surface area contributed by atoms with Crippen molar-refractivity contribution in [1.82, 2.24) is 9.97 Å². The smallest absolute Gasteiger partial charge is 0.303 e. The van der Waals surface area contributed by atoms with Gasteiger partial charge in [0.25, 0.3) is 0 Å². The van der Waals surface area contributed by atoms with Crippen LogP contribution in [-0.4, -0.2) is 34.1 Å². The van der Waals surface area contributed by atoms with Crippen molar-refractivity contribution >= 4 is 11.9 Å². The average Bonchev–Trinajstić information content (AvgIpc) is 2.73. The van der Waals surface area contributed by atoms with Gasteiger partial charge in [0.2, 0.25) is 5.95 Å². The lowest BCUT2D eigenvalue weighted by Gasteiger charge is -2.17. The van der Waals surface area contributed by atoms with Gasteiger partial charge in [-0.1, -0.05) is 0 Å². The van der Waals surface area contributed by atoms with Crippen LogP contribution in [0.25, 0.3) is 0 Å². The molecular formula is C13H19N3O2. The minimum atomic E-state index is -0.712. The number of rotatable bonds is 4. The van der Waals surface area contributed by atoms with Crippen LogP contribution in [0.5, 0.6) is 0 Å². The molecule has 2 rings (SSSR count). The second-order valence-corrected chi connectivity index (χ2v) is 4.98. The predicted molar refractivity (Wildman–Crippen MR) is 68.7 cm³/mol. The number of nitrogens with zero attached hydrogens (tertiary/aromatic N) is 3. The monoisotopic (exact) mass is 249 g/mol. The van der Waals surface area contributed by atoms with Gasteiger partial charge in [0.1, 0.15) is 0 Å². The summed E-state index contributed by atoms with van der Waals surface area (Å²) in [5.74, 6) is 0.520. The zero-order valence-electron chi connectivity index (χ0n) is 10.9. The van der Waals surface area contributed by atoms with Crippen LogP contribution in [-0.2, 0) is 4.79 Å². The Morgan fingerprint density at radius 1 is 1.44 bits per heavy atom. The summed E-state index contributed by atoms with van der Waals surface area (Å²) in [7, 11) is 0. The van der Waals surface area contributed by atoms with E-state index in [4.69, 9.17) is 5.11 Å². The molecule has 5 heteroatoms. The number of aryl methyl sites for hydroxylation is 2. The summed E-state index contributed by atoms with van der Waals surface area (Å²) in [6.45, 7) is 5.73. The zero-order chi connectivity index (χ0) is 13.1. The van der Waals surface area contributed by atoms with Crippen LogP contribution in [0.3, 0.4) is 0 Å². The van der Waals surface area contributed by atoms with Gasteiger partial charge in [-0.15, -0.1) is 0 Å². The Kier molecular flexibility index (Phi) is 3.79. The van der Waals surface area contributed by atoms with E-state index < -0.39 is 5.97 Å². The minimum Gasteiger partial charge on any atom is -0.481 e. The summed E-state index contributed by atoms with van der Waals surface area (Å²) in [6.07, 6.45) is 2.03. The number of hydrogen-bond acceptors (Lipinski definition) is 4. The molecule has 98 valence electrons. The lowest BCUT2D eigenvalue weighted by Crippen LogP contribution is -2.22. The van der Waals surface area contributed by atoms with Gasteiger partial charge in [-0.05, 0) is 38.7 Å². The van der Waals surface area contributed by atoms with Gasteiger partial charge in [-0.2, -0.15) is 0 Å². The van der Waals surface area contributed by atoms with E-state index in [0.29, 0.717) is 5.92 Å². The molecule has 5 nitrogen and oxygen atoms in total. The van der Waals surface area contributed by atoms with E-state index in [-0.39, 0.29) is 6.42 Å². The fourth-order valence-electron chi connectivity index (χ4n) is 2.43. The Morgan fingerprint density at radius 2 is 2.11 bits per heavy atom. The number of carboxylic acid groups (broad SMARTS) is 1. The highest BCUT2D eigenvalue weighted by atomic mass is 16.4. The highest BCUT2D eigenvalue weighted by Crippen LogP contribution is 2.24. The summed E-state index contributed by atoms with van der Waals surface area (Å²) >= 11 is 0. The first-order chi connectivity index (χ1) is 8.54. The first-order valence-electron chi connectivity index (χ1n) is 6.33. The Labute approximate surface area is 107 Å². The molecule has 1 aromatic heterocycles. The molecule has 1 fully saturated rings. The van der Waals surface area contributed by atoms with E-state index in [1.807, 2.05) is 19.9 Å². The molecule has 1 atom stereocenters. The molecule has 1 unspecified atom stereocenters. The van der Waals surface area contributed by atoms with Crippen molar-refractivity contribution in [2.75, 3.05) is 18.0 Å². The van der Waals surface area contributed by atoms with Crippen molar-refractivity contribution in [2.24, 2.45) is 5.92 Å². The maximum absolute atomic E-state index is 10.6. The third kappa shape index (κ3) is 3.18. The molecule has 1 N–H and O–H groups in total. The van der Waals surface area contributed by atoms with E-state index in [2.05, 4.69) is 14.9 Å². The summed E-state index contributed by atoms with van der Waals surface area (Å²) in [5, 5.41) is 8.69. The van der Waals surface area contributed by atoms with E-state index in [0.717, 1.165) is 43.3 Å². The minimum absolute atomic E-state index is 0.256. The maximum atomic E-state index is 10.6. The molecule has 0 radical (unpaired) electrons. The second-order valence-electron chi connectivity index (χ2n) is 4.98. The molecular weight excluding hydrogens is 230 g/mol. The van der Waals surface area contributed by atoms with Crippen LogP contribution in [0, 0.1) is 19.8 Å². The first-order valence-corrected chi connectivity index (χ1v) is 6.33. The molecule has 1 aromatic rings. The third-order valence-corrected chi connectivity index (χ3v) is 3.31. The van der Waals surface area contributed by atoms with Gasteiger partial charge in [0, 0.05) is 30.9 Å². The van der Waals surface area contributed by atoms with Gasteiger partial charge in [-0.3, -0.25) is 4.79 Å². The van der Waals surface area contributed by atoms with Crippen LogP contribution >= 0.6 is 0 Å². The van der Waals surface area contributed by atoms with E-state index in [1.165, 1.54) is 0 Å². The van der Waals surface area contributed by atoms with Crippen LogP contribution in [0.2, 0.25) is 0 Å². The van der Waals surface area contributed by atoms with Crippen molar-refractivity contribution < 1.29 is 9.90 Å². The average molecular weight is 249 g/mol.